The zero-order chi connectivity index (χ0) is 18.3. The quantitative estimate of drug-likeness (QED) is 0.780. The topological polar surface area (TPSA) is 79.6 Å². The molecule has 4 N–H and O–H groups in total. The number of piperidine rings is 1. The van der Waals surface area contributed by atoms with Gasteiger partial charge in [-0.15, -0.1) is 0 Å². The summed E-state index contributed by atoms with van der Waals surface area (Å²) in [7, 11) is 0. The van der Waals surface area contributed by atoms with Gasteiger partial charge in [-0.1, -0.05) is 0 Å². The van der Waals surface area contributed by atoms with Crippen molar-refractivity contribution >= 4 is 5.82 Å². The zero-order valence-electron chi connectivity index (χ0n) is 14.3. The first-order valence-corrected chi connectivity index (χ1v) is 8.98. The summed E-state index contributed by atoms with van der Waals surface area (Å²) < 4.78 is 38.4. The molecule has 2 atom stereocenters. The first-order chi connectivity index (χ1) is 12.4. The molecule has 1 aliphatic heterocycles. The molecule has 0 radical (unpaired) electrons. The monoisotopic (exact) mass is 365 g/mol. The summed E-state index contributed by atoms with van der Waals surface area (Å²) in [6, 6.07) is 0.997. The number of nitrogens with one attached hydrogen (secondary N) is 2. The average Bonchev–Trinajstić information content (AvgIpc) is 3.46. The molecule has 0 spiro atoms. The molecule has 3 aliphatic rings. The van der Waals surface area contributed by atoms with Crippen LogP contribution in [0.25, 0.3) is 11.3 Å². The lowest BCUT2D eigenvalue weighted by molar-refractivity contribution is -0.137. The Morgan fingerprint density at radius 3 is 2.38 bits per heavy atom. The Balaban J connectivity index is 0.000000233. The number of rotatable bonds is 3. The summed E-state index contributed by atoms with van der Waals surface area (Å²) in [6.07, 6.45) is 3.09. The van der Waals surface area contributed by atoms with Crippen LogP contribution in [0.5, 0.6) is 0 Å². The number of aromatic amines is 1. The molecule has 140 valence electrons. The van der Waals surface area contributed by atoms with Gasteiger partial charge in [0.05, 0.1) is 17.5 Å². The van der Waals surface area contributed by atoms with E-state index in [9.17, 15) is 13.2 Å². The minimum atomic E-state index is -4.51. The van der Waals surface area contributed by atoms with Crippen LogP contribution in [0.2, 0.25) is 0 Å². The molecule has 8 heteroatoms. The number of hydrogen-bond acceptors (Lipinski definition) is 4. The van der Waals surface area contributed by atoms with Crippen LogP contribution in [-0.4, -0.2) is 28.0 Å². The van der Waals surface area contributed by atoms with Crippen LogP contribution in [0.1, 0.15) is 30.7 Å². The van der Waals surface area contributed by atoms with Crippen LogP contribution in [0.3, 0.4) is 0 Å². The highest BCUT2D eigenvalue weighted by Crippen LogP contribution is 2.40. The number of hydrogen-bond donors (Lipinski definition) is 3. The van der Waals surface area contributed by atoms with E-state index in [1.54, 1.807) is 0 Å². The normalized spacial score (nSPS) is 24.0. The van der Waals surface area contributed by atoms with Crippen molar-refractivity contribution in [3.8, 4) is 11.3 Å². The Labute approximate surface area is 149 Å². The lowest BCUT2D eigenvalue weighted by Crippen LogP contribution is -2.10. The minimum Gasteiger partial charge on any atom is -0.383 e. The summed E-state index contributed by atoms with van der Waals surface area (Å²) in [6.45, 7) is 2.62. The summed E-state index contributed by atoms with van der Waals surface area (Å²) in [5, 5.41) is 3.32. The van der Waals surface area contributed by atoms with Crippen LogP contribution < -0.4 is 11.1 Å². The second-order valence-electron chi connectivity index (χ2n) is 7.46. The van der Waals surface area contributed by atoms with Crippen molar-refractivity contribution in [2.45, 2.75) is 31.9 Å². The summed E-state index contributed by atoms with van der Waals surface area (Å²) in [5.41, 5.74) is 5.21. The van der Waals surface area contributed by atoms with Crippen molar-refractivity contribution in [2.75, 3.05) is 18.8 Å². The molecule has 2 aliphatic carbocycles. The zero-order valence-corrected chi connectivity index (χ0v) is 14.3. The molecular weight excluding hydrogens is 343 g/mol. The molecular formula is C18H22F3N5. The maximum Gasteiger partial charge on any atom is 0.419 e. The molecule has 0 bridgehead atoms. The summed E-state index contributed by atoms with van der Waals surface area (Å²) >= 11 is 0. The number of pyridine rings is 1. The molecule has 2 aromatic heterocycles. The molecule has 2 saturated carbocycles. The van der Waals surface area contributed by atoms with Crippen molar-refractivity contribution < 1.29 is 13.2 Å². The summed E-state index contributed by atoms with van der Waals surface area (Å²) in [4.78, 5) is 10.8. The molecule has 3 heterocycles. The highest BCUT2D eigenvalue weighted by molar-refractivity contribution is 5.61. The third kappa shape index (κ3) is 4.00. The first-order valence-electron chi connectivity index (χ1n) is 8.98. The number of alkyl halides is 3. The van der Waals surface area contributed by atoms with Gasteiger partial charge >= 0.3 is 6.18 Å². The van der Waals surface area contributed by atoms with Crippen molar-refractivity contribution in [1.82, 2.24) is 20.3 Å². The second-order valence-corrected chi connectivity index (χ2v) is 7.46. The van der Waals surface area contributed by atoms with Gasteiger partial charge in [-0.3, -0.25) is 0 Å². The van der Waals surface area contributed by atoms with Crippen molar-refractivity contribution in [2.24, 2.45) is 17.8 Å². The number of imidazole rings is 1. The van der Waals surface area contributed by atoms with Crippen LogP contribution in [0, 0.1) is 17.8 Å². The molecule has 0 aromatic carbocycles. The highest BCUT2D eigenvalue weighted by atomic mass is 19.4. The lowest BCUT2D eigenvalue weighted by Gasteiger charge is -2.10. The predicted molar refractivity (Wildman–Crippen MR) is 92.1 cm³/mol. The molecule has 26 heavy (non-hydrogen) atoms. The van der Waals surface area contributed by atoms with E-state index in [0.717, 1.165) is 30.1 Å². The highest BCUT2D eigenvalue weighted by Gasteiger charge is 2.40. The van der Waals surface area contributed by atoms with Gasteiger partial charge in [0, 0.05) is 18.2 Å². The van der Waals surface area contributed by atoms with E-state index in [4.69, 9.17) is 5.73 Å². The van der Waals surface area contributed by atoms with Crippen LogP contribution in [-0.2, 0) is 12.6 Å². The van der Waals surface area contributed by atoms with Crippen LogP contribution in [0.15, 0.2) is 18.5 Å². The molecule has 2 unspecified atom stereocenters. The Kier molecular flexibility index (Phi) is 4.38. The van der Waals surface area contributed by atoms with Crippen molar-refractivity contribution in [1.29, 1.82) is 0 Å². The van der Waals surface area contributed by atoms with Gasteiger partial charge in [0.15, 0.2) is 0 Å². The number of H-pyrrole nitrogens is 1. The Morgan fingerprint density at radius 2 is 1.85 bits per heavy atom. The smallest absolute Gasteiger partial charge is 0.383 e. The fourth-order valence-corrected chi connectivity index (χ4v) is 3.32. The summed E-state index contributed by atoms with van der Waals surface area (Å²) in [5.74, 6) is 3.14. The molecule has 3 fully saturated rings. The Bertz CT molecular complexity index is 773. The number of nitrogen functional groups attached to an aromatic ring is 1. The van der Waals surface area contributed by atoms with E-state index < -0.39 is 17.6 Å². The van der Waals surface area contributed by atoms with E-state index in [0.29, 0.717) is 17.2 Å². The maximum absolute atomic E-state index is 12.8. The second kappa shape index (κ2) is 6.57. The van der Waals surface area contributed by atoms with E-state index >= 15 is 0 Å². The molecule has 1 saturated heterocycles. The predicted octanol–water partition coefficient (Wildman–Crippen LogP) is 3.25. The molecule has 0 amide bonds. The van der Waals surface area contributed by atoms with Crippen LogP contribution >= 0.6 is 0 Å². The van der Waals surface area contributed by atoms with Gasteiger partial charge in [0.1, 0.15) is 11.6 Å². The standard InChI is InChI=1S/C13H13F3N4.C5H9N/c14-13(15,16)9-4-8(5-19-12(9)17)10-6-18-11(20-10)3-7-1-2-7;1-4-2-6-3-5(1)4/h4-7H,1-3H2,(H2,17,19)(H,18,20);4-6H,1-3H2. The van der Waals surface area contributed by atoms with E-state index in [-0.39, 0.29) is 0 Å². The van der Waals surface area contributed by atoms with Gasteiger partial charge in [-0.2, -0.15) is 13.2 Å². The fourth-order valence-electron chi connectivity index (χ4n) is 3.32. The van der Waals surface area contributed by atoms with Crippen LogP contribution in [0.4, 0.5) is 19.0 Å². The molecule has 5 nitrogen and oxygen atoms in total. The van der Waals surface area contributed by atoms with Crippen molar-refractivity contribution in [3.63, 3.8) is 0 Å². The van der Waals surface area contributed by atoms with E-state index in [2.05, 4.69) is 20.3 Å². The third-order valence-corrected chi connectivity index (χ3v) is 5.22. The molecule has 2 aromatic rings. The van der Waals surface area contributed by atoms with Gasteiger partial charge in [-0.05, 0) is 56.2 Å². The first kappa shape index (κ1) is 17.3. The lowest BCUT2D eigenvalue weighted by atomic mass is 10.1. The van der Waals surface area contributed by atoms with E-state index in [1.165, 1.54) is 44.7 Å². The van der Waals surface area contributed by atoms with Crippen molar-refractivity contribution in [3.05, 3.63) is 29.8 Å². The third-order valence-electron chi connectivity index (χ3n) is 5.22. The number of nitrogens with zero attached hydrogens (tertiary/aromatic N) is 2. The molecule has 5 rings (SSSR count). The number of fused-ring (bicyclic) bond motifs is 1. The Hall–Kier alpha value is -2.09. The largest absolute Gasteiger partial charge is 0.419 e. The number of nitrogens with two attached hydrogens (primary N) is 1. The maximum atomic E-state index is 12.8. The minimum absolute atomic E-state index is 0.334. The SMILES string of the molecule is C1NCC2CC12.Nc1ncc(-c2cnc(CC3CC3)[nH]2)cc1C(F)(F)F. The number of anilines is 1. The number of aromatic nitrogens is 3. The van der Waals surface area contributed by atoms with Gasteiger partial charge in [0.25, 0.3) is 0 Å². The number of halogens is 3. The Morgan fingerprint density at radius 1 is 1.12 bits per heavy atom. The average molecular weight is 365 g/mol. The fraction of sp³-hybridized carbons (Fsp3) is 0.556. The van der Waals surface area contributed by atoms with E-state index in [1.807, 2.05) is 0 Å². The van der Waals surface area contributed by atoms with Gasteiger partial charge in [0.2, 0.25) is 0 Å². The van der Waals surface area contributed by atoms with Gasteiger partial charge in [-0.25, -0.2) is 9.97 Å². The van der Waals surface area contributed by atoms with Gasteiger partial charge < -0.3 is 16.0 Å².